The minimum atomic E-state index is -4.00. The van der Waals surface area contributed by atoms with Crippen molar-refractivity contribution in [2.24, 2.45) is 0 Å². The molecule has 0 aliphatic carbocycles. The van der Waals surface area contributed by atoms with Crippen LogP contribution in [0.15, 0.2) is 65.6 Å². The largest absolute Gasteiger partial charge is 0.497 e. The zero-order valence-corrected chi connectivity index (χ0v) is 20.2. The average molecular weight is 469 g/mol. The number of aryl methyl sites for hydroxylation is 3. The first kappa shape index (κ1) is 24.1. The number of methoxy groups -OCH3 is 2. The molecule has 0 unspecified atom stereocenters. The van der Waals surface area contributed by atoms with Gasteiger partial charge in [0.2, 0.25) is 5.91 Å². The second-order valence-corrected chi connectivity index (χ2v) is 9.59. The molecule has 0 radical (unpaired) electrons. The van der Waals surface area contributed by atoms with Crippen LogP contribution in [-0.2, 0) is 14.8 Å². The Hall–Kier alpha value is -3.52. The quantitative estimate of drug-likeness (QED) is 0.528. The molecule has 0 bridgehead atoms. The number of anilines is 2. The van der Waals surface area contributed by atoms with Gasteiger partial charge < -0.3 is 14.8 Å². The molecule has 0 spiro atoms. The van der Waals surface area contributed by atoms with E-state index in [0.717, 1.165) is 21.0 Å². The van der Waals surface area contributed by atoms with E-state index in [1.54, 1.807) is 48.5 Å². The van der Waals surface area contributed by atoms with Crippen LogP contribution in [0.4, 0.5) is 11.4 Å². The van der Waals surface area contributed by atoms with Crippen LogP contribution in [0, 0.1) is 20.8 Å². The van der Waals surface area contributed by atoms with Crippen LogP contribution in [-0.4, -0.2) is 35.1 Å². The molecule has 0 saturated heterocycles. The van der Waals surface area contributed by atoms with Gasteiger partial charge in [0.15, 0.2) is 0 Å². The second-order valence-electron chi connectivity index (χ2n) is 7.73. The van der Waals surface area contributed by atoms with Crippen molar-refractivity contribution in [3.63, 3.8) is 0 Å². The zero-order chi connectivity index (χ0) is 24.2. The molecule has 0 saturated carbocycles. The highest BCUT2D eigenvalue weighted by molar-refractivity contribution is 7.92. The third-order valence-electron chi connectivity index (χ3n) is 5.21. The van der Waals surface area contributed by atoms with Crippen LogP contribution in [0.1, 0.15) is 16.7 Å². The van der Waals surface area contributed by atoms with Crippen LogP contribution in [0.3, 0.4) is 0 Å². The van der Waals surface area contributed by atoms with Crippen LogP contribution >= 0.6 is 0 Å². The van der Waals surface area contributed by atoms with Gasteiger partial charge >= 0.3 is 0 Å². The lowest BCUT2D eigenvalue weighted by Gasteiger charge is -2.26. The van der Waals surface area contributed by atoms with Crippen molar-refractivity contribution < 1.29 is 22.7 Å². The number of carbonyl (C=O) groups excluding carboxylic acids is 1. The molecule has 0 fully saturated rings. The summed E-state index contributed by atoms with van der Waals surface area (Å²) >= 11 is 0. The molecule has 7 nitrogen and oxygen atoms in total. The van der Waals surface area contributed by atoms with E-state index in [2.05, 4.69) is 5.32 Å². The lowest BCUT2D eigenvalue weighted by molar-refractivity contribution is -0.114. The predicted molar refractivity (Wildman–Crippen MR) is 130 cm³/mol. The van der Waals surface area contributed by atoms with Gasteiger partial charge in [-0.25, -0.2) is 8.42 Å². The Bertz CT molecular complexity index is 1250. The number of nitrogens with zero attached hydrogens (tertiary/aromatic N) is 1. The molecule has 8 heteroatoms. The van der Waals surface area contributed by atoms with Crippen molar-refractivity contribution in [3.05, 3.63) is 77.4 Å². The number of nitrogens with one attached hydrogen (secondary N) is 1. The Morgan fingerprint density at radius 3 is 2.18 bits per heavy atom. The summed E-state index contributed by atoms with van der Waals surface area (Å²) in [6, 6.07) is 17.0. The van der Waals surface area contributed by atoms with E-state index in [1.165, 1.54) is 14.2 Å². The molecule has 0 heterocycles. The number of amides is 1. The molecule has 1 N–H and O–H groups in total. The molecule has 0 aliphatic heterocycles. The fourth-order valence-corrected chi connectivity index (χ4v) is 4.82. The molecule has 3 rings (SSSR count). The lowest BCUT2D eigenvalue weighted by Crippen LogP contribution is -2.38. The fourth-order valence-electron chi connectivity index (χ4n) is 3.35. The molecular weight excluding hydrogens is 440 g/mol. The normalized spacial score (nSPS) is 11.1. The van der Waals surface area contributed by atoms with Crippen molar-refractivity contribution in [3.8, 4) is 11.5 Å². The SMILES string of the molecule is COc1ccc(NC(=O)CN(c2cc(C)ccc2C)S(=O)(=O)c2ccc(C)cc2)c(OC)c1. The van der Waals surface area contributed by atoms with Crippen molar-refractivity contribution >= 4 is 27.3 Å². The molecule has 3 aromatic rings. The number of rotatable bonds is 8. The van der Waals surface area contributed by atoms with Gasteiger partial charge in [0.05, 0.1) is 30.5 Å². The van der Waals surface area contributed by atoms with Gasteiger partial charge in [-0.3, -0.25) is 9.10 Å². The summed E-state index contributed by atoms with van der Waals surface area (Å²) in [5.41, 5.74) is 3.43. The fraction of sp³-hybridized carbons (Fsp3) is 0.240. The molecule has 3 aromatic carbocycles. The van der Waals surface area contributed by atoms with Crippen molar-refractivity contribution in [2.75, 3.05) is 30.4 Å². The molecule has 0 aliphatic rings. The van der Waals surface area contributed by atoms with Crippen molar-refractivity contribution in [2.45, 2.75) is 25.7 Å². The topological polar surface area (TPSA) is 84.9 Å². The molecule has 0 atom stereocenters. The third kappa shape index (κ3) is 5.46. The molecule has 1 amide bonds. The number of sulfonamides is 1. The summed E-state index contributed by atoms with van der Waals surface area (Å²) in [6.45, 7) is 5.17. The van der Waals surface area contributed by atoms with Gasteiger partial charge in [-0.05, 0) is 62.2 Å². The highest BCUT2D eigenvalue weighted by Crippen LogP contribution is 2.31. The lowest BCUT2D eigenvalue weighted by atomic mass is 10.1. The van der Waals surface area contributed by atoms with Gasteiger partial charge in [0.25, 0.3) is 10.0 Å². The third-order valence-corrected chi connectivity index (χ3v) is 6.99. The van der Waals surface area contributed by atoms with Gasteiger partial charge in [-0.15, -0.1) is 0 Å². The van der Waals surface area contributed by atoms with E-state index in [4.69, 9.17) is 9.47 Å². The summed E-state index contributed by atoms with van der Waals surface area (Å²) in [5.74, 6) is 0.473. The van der Waals surface area contributed by atoms with E-state index in [1.807, 2.05) is 32.9 Å². The van der Waals surface area contributed by atoms with E-state index in [9.17, 15) is 13.2 Å². The molecule has 33 heavy (non-hydrogen) atoms. The Labute approximate surface area is 195 Å². The van der Waals surface area contributed by atoms with Crippen molar-refractivity contribution in [1.82, 2.24) is 0 Å². The van der Waals surface area contributed by atoms with E-state index in [-0.39, 0.29) is 4.90 Å². The maximum atomic E-state index is 13.6. The predicted octanol–water partition coefficient (Wildman–Crippen LogP) is 4.46. The van der Waals surface area contributed by atoms with Crippen LogP contribution < -0.4 is 19.1 Å². The monoisotopic (exact) mass is 468 g/mol. The molecule has 174 valence electrons. The number of carbonyl (C=O) groups is 1. The first-order chi connectivity index (χ1) is 15.6. The summed E-state index contributed by atoms with van der Waals surface area (Å²) in [7, 11) is -0.989. The van der Waals surface area contributed by atoms with E-state index >= 15 is 0 Å². The number of hydrogen-bond donors (Lipinski definition) is 1. The molecular formula is C25H28N2O5S. The maximum Gasteiger partial charge on any atom is 0.264 e. The number of benzene rings is 3. The Morgan fingerprint density at radius 1 is 0.879 bits per heavy atom. The standard InChI is InChI=1S/C25H28N2O5S/c1-17-7-11-21(12-8-17)33(29,30)27(23-14-18(2)6-9-19(23)3)16-25(28)26-22-13-10-20(31-4)15-24(22)32-5/h6-15H,16H2,1-5H3,(H,26,28). The summed E-state index contributed by atoms with van der Waals surface area (Å²) in [6.07, 6.45) is 0. The van der Waals surface area contributed by atoms with Crippen LogP contribution in [0.25, 0.3) is 0 Å². The average Bonchev–Trinajstić information content (AvgIpc) is 2.79. The Kier molecular flexibility index (Phi) is 7.28. The minimum absolute atomic E-state index is 0.115. The summed E-state index contributed by atoms with van der Waals surface area (Å²) in [4.78, 5) is 13.2. The van der Waals surface area contributed by atoms with Crippen LogP contribution in [0.2, 0.25) is 0 Å². The number of ether oxygens (including phenoxy) is 2. The molecule has 0 aromatic heterocycles. The van der Waals surface area contributed by atoms with Gasteiger partial charge in [-0.1, -0.05) is 29.8 Å². The Morgan fingerprint density at radius 2 is 1.55 bits per heavy atom. The zero-order valence-electron chi connectivity index (χ0n) is 19.4. The van der Waals surface area contributed by atoms with Crippen LogP contribution in [0.5, 0.6) is 11.5 Å². The van der Waals surface area contributed by atoms with Crippen molar-refractivity contribution in [1.29, 1.82) is 0 Å². The smallest absolute Gasteiger partial charge is 0.264 e. The first-order valence-electron chi connectivity index (χ1n) is 10.3. The first-order valence-corrected chi connectivity index (χ1v) is 11.8. The summed E-state index contributed by atoms with van der Waals surface area (Å²) < 4.78 is 38.9. The van der Waals surface area contributed by atoms with E-state index < -0.39 is 22.5 Å². The highest BCUT2D eigenvalue weighted by atomic mass is 32.2. The Balaban J connectivity index is 1.99. The number of hydrogen-bond acceptors (Lipinski definition) is 5. The second kappa shape index (κ2) is 9.95. The summed E-state index contributed by atoms with van der Waals surface area (Å²) in [5, 5.41) is 2.75. The highest BCUT2D eigenvalue weighted by Gasteiger charge is 2.28. The minimum Gasteiger partial charge on any atom is -0.497 e. The van der Waals surface area contributed by atoms with Gasteiger partial charge in [-0.2, -0.15) is 0 Å². The maximum absolute atomic E-state index is 13.6. The van der Waals surface area contributed by atoms with E-state index in [0.29, 0.717) is 22.9 Å². The van der Waals surface area contributed by atoms with Gasteiger partial charge in [0.1, 0.15) is 18.0 Å². The van der Waals surface area contributed by atoms with Gasteiger partial charge in [0, 0.05) is 6.07 Å².